The number of benzene rings is 3. The van der Waals surface area contributed by atoms with Crippen LogP contribution in [0.5, 0.6) is 5.75 Å². The van der Waals surface area contributed by atoms with Crippen LogP contribution in [0.25, 0.3) is 5.76 Å². The van der Waals surface area contributed by atoms with Gasteiger partial charge in [-0.05, 0) is 81.2 Å². The van der Waals surface area contributed by atoms with Crippen LogP contribution in [-0.4, -0.2) is 102 Å². The summed E-state index contributed by atoms with van der Waals surface area (Å²) in [5, 5.41) is 47.2. The molecule has 2 heterocycles. The molecule has 0 spiro atoms. The number of nitrogens with zero attached hydrogens (tertiary/aromatic N) is 3. The average molecular weight is 732 g/mol. The standard InChI is InChI=1S/C40H33N3O11/c1-17(44)27-33(47)30(41(2)3)26-14-18-13-25-19(15-42-36(50)21-8-4-5-9-22(21)37(42)51)12-20(16-43-38(52)23-10-6-7-11-24(23)39(43)53)31(45)29(25)32(46)28(18)35(49)40(26,54)34(27)48/h4-12,18,26,30,45-46,48,54H,13-16H2,1-3H3/t18-,26-,30-,40+/m0/s1. The molecule has 0 radical (unpaired) electrons. The number of phenols is 1. The van der Waals surface area contributed by atoms with Gasteiger partial charge in [0.05, 0.1) is 46.9 Å². The fourth-order valence-corrected chi connectivity index (χ4v) is 8.92. The van der Waals surface area contributed by atoms with Gasteiger partial charge in [0.15, 0.2) is 17.2 Å². The Morgan fingerprint density at radius 2 is 1.28 bits per heavy atom. The highest BCUT2D eigenvalue weighted by Gasteiger charge is 2.64. The van der Waals surface area contributed by atoms with Gasteiger partial charge in [-0.3, -0.25) is 48.3 Å². The van der Waals surface area contributed by atoms with Gasteiger partial charge in [0.1, 0.15) is 22.8 Å². The quantitative estimate of drug-likeness (QED) is 0.213. The third-order valence-electron chi connectivity index (χ3n) is 11.4. The lowest BCUT2D eigenvalue weighted by atomic mass is 9.57. The molecule has 8 rings (SSSR count). The molecule has 274 valence electrons. The second kappa shape index (κ2) is 11.9. The average Bonchev–Trinajstić information content (AvgIpc) is 3.51. The van der Waals surface area contributed by atoms with Crippen molar-refractivity contribution in [2.45, 2.75) is 44.5 Å². The summed E-state index contributed by atoms with van der Waals surface area (Å²) in [5.41, 5.74) is -3.09. The van der Waals surface area contributed by atoms with Crippen molar-refractivity contribution in [2.75, 3.05) is 14.1 Å². The van der Waals surface area contributed by atoms with Gasteiger partial charge < -0.3 is 20.4 Å². The molecule has 3 aromatic rings. The van der Waals surface area contributed by atoms with E-state index in [4.69, 9.17) is 0 Å². The largest absolute Gasteiger partial charge is 0.508 e. The molecule has 14 heteroatoms. The van der Waals surface area contributed by atoms with Gasteiger partial charge in [0, 0.05) is 17.1 Å². The number of phenolic OH excluding ortho intramolecular Hbond substituents is 1. The summed E-state index contributed by atoms with van der Waals surface area (Å²) >= 11 is 0. The maximum atomic E-state index is 14.5. The summed E-state index contributed by atoms with van der Waals surface area (Å²) in [6, 6.07) is 12.7. The SMILES string of the molecule is CC(=O)C1=C(O)[C@@]2(O)C(=O)C3=C(O)c4c(O)c(CN5C(=O)c6ccccc6C5=O)cc(CN5C(=O)c6ccccc6C5=O)c4C[C@H]3C[C@H]2[C@H](N(C)C)C1=O. The molecule has 3 aliphatic carbocycles. The predicted octanol–water partition coefficient (Wildman–Crippen LogP) is 2.66. The third kappa shape index (κ3) is 4.56. The number of hydrogen-bond donors (Lipinski definition) is 4. The van der Waals surface area contributed by atoms with Gasteiger partial charge in [0.2, 0.25) is 5.78 Å². The van der Waals surface area contributed by atoms with E-state index < -0.39 is 93.8 Å². The van der Waals surface area contributed by atoms with Gasteiger partial charge in [-0.2, -0.15) is 0 Å². The van der Waals surface area contributed by atoms with E-state index in [2.05, 4.69) is 0 Å². The number of hydrogen-bond acceptors (Lipinski definition) is 12. The number of likely N-dealkylation sites (N-methyl/N-ethyl adjacent to an activating group) is 1. The van der Waals surface area contributed by atoms with Crippen molar-refractivity contribution in [1.82, 2.24) is 14.7 Å². The topological polar surface area (TPSA) is 210 Å². The lowest BCUT2D eigenvalue weighted by Gasteiger charge is -2.50. The fourth-order valence-electron chi connectivity index (χ4n) is 8.92. The van der Waals surface area contributed by atoms with Crippen LogP contribution in [0.1, 0.15) is 77.0 Å². The smallest absolute Gasteiger partial charge is 0.261 e. The molecule has 54 heavy (non-hydrogen) atoms. The Hall–Kier alpha value is -6.25. The number of carbonyl (C=O) groups excluding carboxylic acids is 7. The summed E-state index contributed by atoms with van der Waals surface area (Å²) in [6.07, 6.45) is -0.236. The van der Waals surface area contributed by atoms with Gasteiger partial charge in [-0.1, -0.05) is 24.3 Å². The number of fused-ring (bicyclic) bond motifs is 5. The highest BCUT2D eigenvalue weighted by molar-refractivity contribution is 6.25. The van der Waals surface area contributed by atoms with Crippen LogP contribution in [0, 0.1) is 11.8 Å². The van der Waals surface area contributed by atoms with Crippen molar-refractivity contribution in [3.8, 4) is 5.75 Å². The van der Waals surface area contributed by atoms with E-state index in [1.165, 1.54) is 49.3 Å². The van der Waals surface area contributed by atoms with Crippen molar-refractivity contribution in [3.63, 3.8) is 0 Å². The predicted molar refractivity (Wildman–Crippen MR) is 187 cm³/mol. The molecule has 4 N–H and O–H groups in total. The van der Waals surface area contributed by atoms with E-state index in [1.807, 2.05) is 0 Å². The Labute approximate surface area is 307 Å². The Morgan fingerprint density at radius 3 is 1.74 bits per heavy atom. The van der Waals surface area contributed by atoms with Crippen LogP contribution in [0.4, 0.5) is 0 Å². The van der Waals surface area contributed by atoms with E-state index in [1.54, 1.807) is 24.3 Å². The van der Waals surface area contributed by atoms with Crippen LogP contribution in [0.3, 0.4) is 0 Å². The number of carbonyl (C=O) groups is 7. The summed E-state index contributed by atoms with van der Waals surface area (Å²) in [6.45, 7) is 0.170. The molecular formula is C40H33N3O11. The Kier molecular flexibility index (Phi) is 7.66. The van der Waals surface area contributed by atoms with Crippen LogP contribution >= 0.6 is 0 Å². The molecular weight excluding hydrogens is 698 g/mol. The Morgan fingerprint density at radius 1 is 0.796 bits per heavy atom. The fraction of sp³-hybridized carbons (Fsp3) is 0.275. The first-order chi connectivity index (χ1) is 25.6. The van der Waals surface area contributed by atoms with Gasteiger partial charge in [-0.25, -0.2) is 0 Å². The monoisotopic (exact) mass is 731 g/mol. The minimum atomic E-state index is -2.79. The molecule has 1 fully saturated rings. The molecule has 5 aliphatic rings. The molecule has 4 atom stereocenters. The van der Waals surface area contributed by atoms with Crippen LogP contribution < -0.4 is 0 Å². The lowest BCUT2D eigenvalue weighted by Crippen LogP contribution is -2.65. The van der Waals surface area contributed by atoms with Crippen molar-refractivity contribution in [3.05, 3.63) is 116 Å². The molecule has 0 unspecified atom stereocenters. The number of aliphatic hydroxyl groups is 3. The minimum absolute atomic E-state index is 0.0575. The maximum Gasteiger partial charge on any atom is 0.261 e. The van der Waals surface area contributed by atoms with Crippen LogP contribution in [-0.2, 0) is 33.9 Å². The van der Waals surface area contributed by atoms with Crippen LogP contribution in [0.15, 0.2) is 71.5 Å². The van der Waals surface area contributed by atoms with Gasteiger partial charge in [-0.15, -0.1) is 0 Å². The zero-order valence-electron chi connectivity index (χ0n) is 29.2. The molecule has 2 aliphatic heterocycles. The summed E-state index contributed by atoms with van der Waals surface area (Å²) in [7, 11) is 3.06. The van der Waals surface area contributed by atoms with Crippen molar-refractivity contribution in [2.24, 2.45) is 11.8 Å². The molecule has 3 aromatic carbocycles. The van der Waals surface area contributed by atoms with E-state index >= 15 is 0 Å². The second-order valence-electron chi connectivity index (χ2n) is 14.5. The number of ketones is 3. The number of aliphatic hydroxyl groups excluding tert-OH is 2. The first-order valence-electron chi connectivity index (χ1n) is 17.2. The molecule has 4 amide bonds. The number of aromatic hydroxyl groups is 1. The van der Waals surface area contributed by atoms with Gasteiger partial charge in [0.25, 0.3) is 23.6 Å². The molecule has 0 aromatic heterocycles. The number of amides is 4. The molecule has 1 saturated carbocycles. The summed E-state index contributed by atoms with van der Waals surface area (Å²) in [4.78, 5) is 97.8. The molecule has 0 saturated heterocycles. The first-order valence-corrected chi connectivity index (χ1v) is 17.2. The number of Topliss-reactive ketones (excluding diaryl/α,β-unsaturated/α-hetero) is 3. The van der Waals surface area contributed by atoms with Crippen molar-refractivity contribution in [1.29, 1.82) is 0 Å². The molecule has 14 nitrogen and oxygen atoms in total. The zero-order chi connectivity index (χ0) is 38.7. The van der Waals surface area contributed by atoms with E-state index in [0.717, 1.165) is 16.7 Å². The highest BCUT2D eigenvalue weighted by atomic mass is 16.3. The Balaban J connectivity index is 1.29. The zero-order valence-corrected chi connectivity index (χ0v) is 29.2. The minimum Gasteiger partial charge on any atom is -0.508 e. The summed E-state index contributed by atoms with van der Waals surface area (Å²) in [5.74, 6) is -9.95. The van der Waals surface area contributed by atoms with Crippen LogP contribution in [0.2, 0.25) is 0 Å². The van der Waals surface area contributed by atoms with E-state index in [9.17, 15) is 54.0 Å². The van der Waals surface area contributed by atoms with E-state index in [0.29, 0.717) is 0 Å². The van der Waals surface area contributed by atoms with Crippen molar-refractivity contribution < 1.29 is 54.0 Å². The van der Waals surface area contributed by atoms with Gasteiger partial charge >= 0.3 is 0 Å². The van der Waals surface area contributed by atoms with E-state index in [-0.39, 0.29) is 69.5 Å². The number of rotatable bonds is 6. The summed E-state index contributed by atoms with van der Waals surface area (Å²) < 4.78 is 0. The second-order valence-corrected chi connectivity index (χ2v) is 14.5. The normalized spacial score (nSPS) is 24.6. The third-order valence-corrected chi connectivity index (χ3v) is 11.4. The lowest BCUT2D eigenvalue weighted by molar-refractivity contribution is -0.153. The maximum absolute atomic E-state index is 14.5. The Bertz CT molecular complexity index is 2340. The number of imide groups is 2. The first kappa shape index (κ1) is 34.8. The van der Waals surface area contributed by atoms with Crippen molar-refractivity contribution >= 4 is 46.7 Å². The molecule has 0 bridgehead atoms. The highest BCUT2D eigenvalue weighted by Crippen LogP contribution is 2.53.